The fraction of sp³-hybridized carbons (Fsp3) is 0.667. The zero-order valence-electron chi connectivity index (χ0n) is 19.5. The Hall–Kier alpha value is -2.28. The molecule has 2 heterocycles. The third-order valence-corrected chi connectivity index (χ3v) is 6.70. The molecule has 7 heteroatoms. The first kappa shape index (κ1) is 23.4. The topological polar surface area (TPSA) is 56.3 Å². The van der Waals surface area contributed by atoms with Gasteiger partial charge in [-0.15, -0.1) is 0 Å². The average Bonchev–Trinajstić information content (AvgIpc) is 3.03. The van der Waals surface area contributed by atoms with Crippen molar-refractivity contribution in [3.05, 3.63) is 24.3 Å². The lowest BCUT2D eigenvalue weighted by Gasteiger charge is -2.35. The van der Waals surface area contributed by atoms with Crippen molar-refractivity contribution in [2.24, 2.45) is 5.92 Å². The quantitative estimate of drug-likeness (QED) is 0.693. The van der Waals surface area contributed by atoms with Crippen LogP contribution in [0.3, 0.4) is 0 Å². The summed E-state index contributed by atoms with van der Waals surface area (Å²) in [4.78, 5) is 33.9. The molecular formula is C24H38N4O3. The van der Waals surface area contributed by atoms with Gasteiger partial charge >= 0.3 is 0 Å². The second-order valence-electron chi connectivity index (χ2n) is 9.01. The normalized spacial score (nSPS) is 18.7. The van der Waals surface area contributed by atoms with Crippen LogP contribution in [-0.4, -0.2) is 92.5 Å². The summed E-state index contributed by atoms with van der Waals surface area (Å²) in [5, 5.41) is 0. The summed E-state index contributed by atoms with van der Waals surface area (Å²) in [5.74, 6) is 1.33. The van der Waals surface area contributed by atoms with E-state index >= 15 is 0 Å². The van der Waals surface area contributed by atoms with E-state index in [1.165, 1.54) is 5.69 Å². The molecule has 0 spiro atoms. The Morgan fingerprint density at radius 3 is 2.32 bits per heavy atom. The lowest BCUT2D eigenvalue weighted by Crippen LogP contribution is -2.47. The van der Waals surface area contributed by atoms with E-state index < -0.39 is 0 Å². The molecule has 2 fully saturated rings. The van der Waals surface area contributed by atoms with Crippen LogP contribution in [0.25, 0.3) is 0 Å². The van der Waals surface area contributed by atoms with Crippen LogP contribution in [0.5, 0.6) is 5.75 Å². The van der Waals surface area contributed by atoms with E-state index in [0.717, 1.165) is 51.2 Å². The first-order valence-electron chi connectivity index (χ1n) is 11.5. The highest BCUT2D eigenvalue weighted by molar-refractivity contribution is 5.81. The summed E-state index contributed by atoms with van der Waals surface area (Å²) >= 11 is 0. The van der Waals surface area contributed by atoms with Crippen LogP contribution in [0.15, 0.2) is 24.3 Å². The molecule has 0 N–H and O–H groups in total. The van der Waals surface area contributed by atoms with Crippen molar-refractivity contribution in [2.45, 2.75) is 39.2 Å². The van der Waals surface area contributed by atoms with Crippen molar-refractivity contribution in [1.82, 2.24) is 14.7 Å². The molecule has 2 amide bonds. The molecule has 0 unspecified atom stereocenters. The van der Waals surface area contributed by atoms with Gasteiger partial charge in [-0.05, 0) is 57.4 Å². The summed E-state index contributed by atoms with van der Waals surface area (Å²) in [6.07, 6.45) is 2.58. The monoisotopic (exact) mass is 430 g/mol. The number of methoxy groups -OCH3 is 1. The molecule has 0 atom stereocenters. The number of hydrogen-bond donors (Lipinski definition) is 0. The third kappa shape index (κ3) is 6.12. The maximum absolute atomic E-state index is 12.9. The first-order chi connectivity index (χ1) is 14.9. The summed E-state index contributed by atoms with van der Waals surface area (Å²) in [6, 6.07) is 8.40. The highest BCUT2D eigenvalue weighted by Crippen LogP contribution is 2.22. The summed E-state index contributed by atoms with van der Waals surface area (Å²) in [5.41, 5.74) is 1.20. The minimum Gasteiger partial charge on any atom is -0.497 e. The predicted molar refractivity (Wildman–Crippen MR) is 123 cm³/mol. The number of nitrogens with zero attached hydrogens (tertiary/aromatic N) is 4. The molecule has 1 aromatic carbocycles. The summed E-state index contributed by atoms with van der Waals surface area (Å²) in [6.45, 7) is 9.64. The number of likely N-dealkylation sites (tertiary alicyclic amines) is 1. The maximum Gasteiger partial charge on any atom is 0.236 e. The van der Waals surface area contributed by atoms with E-state index in [0.29, 0.717) is 19.6 Å². The standard InChI is InChI=1S/C24H38N4O3/c1-19(2)25(3)24(30)20-10-14-28(15-11-20)23(29)18-26-12-5-13-27(17-16-26)21-6-8-22(31-4)9-7-21/h6-9,19-20H,5,10-18H2,1-4H3. The largest absolute Gasteiger partial charge is 0.497 e. The van der Waals surface area contributed by atoms with Crippen LogP contribution in [-0.2, 0) is 9.59 Å². The molecule has 172 valence electrons. The number of hydrogen-bond acceptors (Lipinski definition) is 5. The van der Waals surface area contributed by atoms with Crippen LogP contribution in [0, 0.1) is 5.92 Å². The van der Waals surface area contributed by atoms with Gasteiger partial charge in [0, 0.05) is 64.0 Å². The van der Waals surface area contributed by atoms with Crippen molar-refractivity contribution in [3.63, 3.8) is 0 Å². The van der Waals surface area contributed by atoms with Gasteiger partial charge < -0.3 is 19.4 Å². The van der Waals surface area contributed by atoms with Crippen LogP contribution in [0.1, 0.15) is 33.1 Å². The Bertz CT molecular complexity index is 729. The lowest BCUT2D eigenvalue weighted by molar-refractivity contribution is -0.141. The Kier molecular flexibility index (Phi) is 8.18. The van der Waals surface area contributed by atoms with E-state index in [1.54, 1.807) is 7.11 Å². The molecular weight excluding hydrogens is 392 g/mol. The van der Waals surface area contributed by atoms with E-state index in [1.807, 2.05) is 42.8 Å². The Morgan fingerprint density at radius 1 is 1.03 bits per heavy atom. The second kappa shape index (κ2) is 10.8. The molecule has 7 nitrogen and oxygen atoms in total. The number of ether oxygens (including phenoxy) is 1. The van der Waals surface area contributed by atoms with Crippen molar-refractivity contribution in [2.75, 3.05) is 64.9 Å². The zero-order valence-corrected chi connectivity index (χ0v) is 19.5. The zero-order chi connectivity index (χ0) is 22.4. The molecule has 0 bridgehead atoms. The Morgan fingerprint density at radius 2 is 1.71 bits per heavy atom. The fourth-order valence-corrected chi connectivity index (χ4v) is 4.39. The molecule has 0 saturated carbocycles. The molecule has 2 aliphatic heterocycles. The number of anilines is 1. The molecule has 3 rings (SSSR count). The maximum atomic E-state index is 12.9. The lowest BCUT2D eigenvalue weighted by atomic mass is 9.95. The van der Waals surface area contributed by atoms with Gasteiger partial charge in [-0.25, -0.2) is 0 Å². The predicted octanol–water partition coefficient (Wildman–Crippen LogP) is 2.31. The number of piperidine rings is 1. The van der Waals surface area contributed by atoms with Gasteiger partial charge in [-0.3, -0.25) is 14.5 Å². The van der Waals surface area contributed by atoms with Crippen LogP contribution in [0.2, 0.25) is 0 Å². The number of benzene rings is 1. The SMILES string of the molecule is COc1ccc(N2CCCN(CC(=O)N3CCC(C(=O)N(C)C(C)C)CC3)CC2)cc1. The van der Waals surface area contributed by atoms with Gasteiger partial charge in [0.1, 0.15) is 5.75 Å². The van der Waals surface area contributed by atoms with E-state index in [9.17, 15) is 9.59 Å². The van der Waals surface area contributed by atoms with Crippen LogP contribution in [0.4, 0.5) is 5.69 Å². The Balaban J connectivity index is 1.45. The number of amides is 2. The minimum atomic E-state index is 0.0488. The van der Waals surface area contributed by atoms with Gasteiger partial charge in [0.25, 0.3) is 0 Å². The molecule has 2 aliphatic rings. The molecule has 0 aromatic heterocycles. The number of rotatable bonds is 6. The first-order valence-corrected chi connectivity index (χ1v) is 11.5. The van der Waals surface area contributed by atoms with Crippen molar-refractivity contribution in [3.8, 4) is 5.75 Å². The van der Waals surface area contributed by atoms with Gasteiger partial charge in [-0.1, -0.05) is 0 Å². The van der Waals surface area contributed by atoms with Gasteiger partial charge in [0.05, 0.1) is 13.7 Å². The molecule has 1 aromatic rings. The van der Waals surface area contributed by atoms with Crippen molar-refractivity contribution >= 4 is 17.5 Å². The summed E-state index contributed by atoms with van der Waals surface area (Å²) < 4.78 is 5.25. The van der Waals surface area contributed by atoms with Gasteiger partial charge in [-0.2, -0.15) is 0 Å². The molecule has 31 heavy (non-hydrogen) atoms. The number of carbonyl (C=O) groups excluding carboxylic acids is 2. The van der Waals surface area contributed by atoms with Crippen molar-refractivity contribution < 1.29 is 14.3 Å². The second-order valence-corrected chi connectivity index (χ2v) is 9.01. The molecule has 2 saturated heterocycles. The highest BCUT2D eigenvalue weighted by Gasteiger charge is 2.30. The van der Waals surface area contributed by atoms with Gasteiger partial charge in [0.2, 0.25) is 11.8 Å². The fourth-order valence-electron chi connectivity index (χ4n) is 4.39. The third-order valence-electron chi connectivity index (χ3n) is 6.70. The summed E-state index contributed by atoms with van der Waals surface area (Å²) in [7, 11) is 3.55. The molecule has 0 aliphatic carbocycles. The average molecular weight is 431 g/mol. The van der Waals surface area contributed by atoms with E-state index in [4.69, 9.17) is 4.74 Å². The van der Waals surface area contributed by atoms with Crippen LogP contribution < -0.4 is 9.64 Å². The van der Waals surface area contributed by atoms with Crippen molar-refractivity contribution in [1.29, 1.82) is 0 Å². The Labute approximate surface area is 186 Å². The van der Waals surface area contributed by atoms with Crippen LogP contribution >= 0.6 is 0 Å². The van der Waals surface area contributed by atoms with E-state index in [-0.39, 0.29) is 23.8 Å². The highest BCUT2D eigenvalue weighted by atomic mass is 16.5. The minimum absolute atomic E-state index is 0.0488. The van der Waals surface area contributed by atoms with E-state index in [2.05, 4.69) is 21.9 Å². The van der Waals surface area contributed by atoms with Gasteiger partial charge in [0.15, 0.2) is 0 Å². The molecule has 0 radical (unpaired) electrons. The smallest absolute Gasteiger partial charge is 0.236 e. The number of carbonyl (C=O) groups is 2.